The molecule has 1 aromatic rings. The number of nitrogens with two attached hydrogens (primary N) is 1. The molecule has 1 rings (SSSR count). The minimum absolute atomic E-state index is 0.192. The lowest BCUT2D eigenvalue weighted by molar-refractivity contribution is 0.0732. The third kappa shape index (κ3) is 3.13. The Morgan fingerprint density at radius 1 is 1.60 bits per heavy atom. The lowest BCUT2D eigenvalue weighted by Crippen LogP contribution is -2.15. The molecule has 0 bridgehead atoms. The van der Waals surface area contributed by atoms with Crippen molar-refractivity contribution < 1.29 is 14.3 Å². The highest BCUT2D eigenvalue weighted by Gasteiger charge is 2.14. The molecule has 0 aliphatic heterocycles. The van der Waals surface area contributed by atoms with E-state index in [-0.39, 0.29) is 6.10 Å². The summed E-state index contributed by atoms with van der Waals surface area (Å²) in [6, 6.07) is 0. The fourth-order valence-corrected chi connectivity index (χ4v) is 1.87. The Hall–Kier alpha value is -1.23. The van der Waals surface area contributed by atoms with Gasteiger partial charge in [-0.25, -0.2) is 4.79 Å². The third-order valence-corrected chi connectivity index (χ3v) is 2.85. The Bertz CT molecular complexity index is 346. The number of thiophene rings is 1. The van der Waals surface area contributed by atoms with Gasteiger partial charge < -0.3 is 15.2 Å². The molecule has 0 fully saturated rings. The normalized spacial score (nSPS) is 10.4. The van der Waals surface area contributed by atoms with Crippen LogP contribution in [-0.4, -0.2) is 12.3 Å². The van der Waals surface area contributed by atoms with Crippen LogP contribution in [0.1, 0.15) is 25.6 Å². The topological polar surface area (TPSA) is 61.5 Å². The summed E-state index contributed by atoms with van der Waals surface area (Å²) in [5, 5.41) is 1.72. The third-order valence-electron chi connectivity index (χ3n) is 1.72. The van der Waals surface area contributed by atoms with Crippen LogP contribution < -0.4 is 10.5 Å². The number of carbonyl (C=O) groups excluding carboxylic acids is 1. The van der Waals surface area contributed by atoms with Crippen LogP contribution in [-0.2, 0) is 11.2 Å². The van der Waals surface area contributed by atoms with Gasteiger partial charge in [0.15, 0.2) is 5.75 Å². The molecule has 0 saturated carbocycles. The highest BCUT2D eigenvalue weighted by Crippen LogP contribution is 2.32. The summed E-state index contributed by atoms with van der Waals surface area (Å²) in [5.41, 5.74) is 6.30. The van der Waals surface area contributed by atoms with E-state index >= 15 is 0 Å². The van der Waals surface area contributed by atoms with Gasteiger partial charge in [-0.15, -0.1) is 11.3 Å². The number of rotatable bonds is 3. The Balaban J connectivity index is 2.64. The quantitative estimate of drug-likeness (QED) is 0.809. The fourth-order valence-electron chi connectivity index (χ4n) is 1.05. The van der Waals surface area contributed by atoms with Gasteiger partial charge in [0.05, 0.1) is 11.8 Å². The summed E-state index contributed by atoms with van der Waals surface area (Å²) in [5.74, 6) is 0.391. The zero-order valence-corrected chi connectivity index (χ0v) is 9.89. The number of hydrogen-bond donors (Lipinski definition) is 1. The number of hydrogen-bond acceptors (Lipinski definition) is 5. The molecule has 0 atom stereocenters. The van der Waals surface area contributed by atoms with Gasteiger partial charge in [-0.2, -0.15) is 0 Å². The van der Waals surface area contributed by atoms with Crippen LogP contribution in [0.25, 0.3) is 0 Å². The molecule has 0 aromatic carbocycles. The second-order valence-corrected chi connectivity index (χ2v) is 4.27. The smallest absolute Gasteiger partial charge is 0.431 e. The Morgan fingerprint density at radius 3 is 2.73 bits per heavy atom. The first-order valence-electron chi connectivity index (χ1n) is 4.78. The maximum Gasteiger partial charge on any atom is 0.514 e. The molecule has 0 spiro atoms. The lowest BCUT2D eigenvalue weighted by atomic mass is 10.3. The van der Waals surface area contributed by atoms with Crippen molar-refractivity contribution in [3.05, 3.63) is 10.3 Å². The summed E-state index contributed by atoms with van der Waals surface area (Å²) in [6.45, 7) is 5.52. The van der Waals surface area contributed by atoms with Crippen molar-refractivity contribution in [1.82, 2.24) is 0 Å². The molecule has 1 aromatic heterocycles. The molecule has 15 heavy (non-hydrogen) atoms. The van der Waals surface area contributed by atoms with Gasteiger partial charge in [-0.3, -0.25) is 0 Å². The van der Waals surface area contributed by atoms with E-state index in [2.05, 4.69) is 0 Å². The SMILES string of the molecule is CCc1scc(OC(=O)OC(C)C)c1N. The number of carbonyl (C=O) groups is 1. The number of aryl methyl sites for hydroxylation is 1. The maximum atomic E-state index is 11.2. The summed E-state index contributed by atoms with van der Waals surface area (Å²) >= 11 is 1.48. The molecule has 0 saturated heterocycles. The maximum absolute atomic E-state index is 11.2. The van der Waals surface area contributed by atoms with E-state index in [1.165, 1.54) is 11.3 Å². The highest BCUT2D eigenvalue weighted by molar-refractivity contribution is 7.10. The second kappa shape index (κ2) is 5.02. The van der Waals surface area contributed by atoms with Crippen LogP contribution in [0.2, 0.25) is 0 Å². The molecular formula is C10H15NO3S. The minimum atomic E-state index is -0.711. The molecule has 1 heterocycles. The average molecular weight is 229 g/mol. The van der Waals surface area contributed by atoms with Gasteiger partial charge in [0, 0.05) is 10.3 Å². The molecule has 4 nitrogen and oxygen atoms in total. The number of anilines is 1. The van der Waals surface area contributed by atoms with E-state index in [0.717, 1.165) is 11.3 Å². The molecule has 5 heteroatoms. The average Bonchev–Trinajstić information content (AvgIpc) is 2.46. The fraction of sp³-hybridized carbons (Fsp3) is 0.500. The summed E-state index contributed by atoms with van der Waals surface area (Å²) in [6.07, 6.45) is -0.0702. The van der Waals surface area contributed by atoms with E-state index in [1.54, 1.807) is 19.2 Å². The molecule has 0 radical (unpaired) electrons. The predicted octanol–water partition coefficient (Wildman–Crippen LogP) is 2.82. The zero-order valence-electron chi connectivity index (χ0n) is 9.07. The van der Waals surface area contributed by atoms with Gasteiger partial charge in [0.2, 0.25) is 0 Å². The van der Waals surface area contributed by atoms with Gasteiger partial charge in [-0.1, -0.05) is 6.92 Å². The number of nitrogen functional groups attached to an aromatic ring is 1. The van der Waals surface area contributed by atoms with Crippen molar-refractivity contribution in [2.75, 3.05) is 5.73 Å². The van der Waals surface area contributed by atoms with E-state index in [4.69, 9.17) is 15.2 Å². The Morgan fingerprint density at radius 2 is 2.27 bits per heavy atom. The predicted molar refractivity (Wildman–Crippen MR) is 60.4 cm³/mol. The molecule has 0 amide bonds. The number of ether oxygens (including phenoxy) is 2. The zero-order chi connectivity index (χ0) is 11.4. The van der Waals surface area contributed by atoms with Crippen molar-refractivity contribution in [3.8, 4) is 5.75 Å². The Kier molecular flexibility index (Phi) is 3.96. The molecule has 0 unspecified atom stereocenters. The molecule has 84 valence electrons. The molecule has 2 N–H and O–H groups in total. The molecule has 0 aliphatic carbocycles. The van der Waals surface area contributed by atoms with Gasteiger partial charge in [0.1, 0.15) is 0 Å². The van der Waals surface area contributed by atoms with Crippen LogP contribution in [0.15, 0.2) is 5.38 Å². The minimum Gasteiger partial charge on any atom is -0.431 e. The molecule has 0 aliphatic rings. The van der Waals surface area contributed by atoms with Crippen LogP contribution >= 0.6 is 11.3 Å². The van der Waals surface area contributed by atoms with Crippen molar-refractivity contribution in [2.45, 2.75) is 33.3 Å². The van der Waals surface area contributed by atoms with E-state index < -0.39 is 6.16 Å². The standard InChI is InChI=1S/C10H15NO3S/c1-4-8-9(11)7(5-15-8)14-10(12)13-6(2)3/h5-6H,4,11H2,1-3H3. The summed E-state index contributed by atoms with van der Waals surface area (Å²) in [4.78, 5) is 12.2. The van der Waals surface area contributed by atoms with Crippen molar-refractivity contribution >= 4 is 23.2 Å². The van der Waals surface area contributed by atoms with Crippen molar-refractivity contribution in [2.24, 2.45) is 0 Å². The van der Waals surface area contributed by atoms with Crippen molar-refractivity contribution in [1.29, 1.82) is 0 Å². The summed E-state index contributed by atoms with van der Waals surface area (Å²) in [7, 11) is 0. The van der Waals surface area contributed by atoms with E-state index in [9.17, 15) is 4.79 Å². The van der Waals surface area contributed by atoms with Gasteiger partial charge in [0.25, 0.3) is 0 Å². The van der Waals surface area contributed by atoms with Crippen LogP contribution in [0.3, 0.4) is 0 Å². The van der Waals surface area contributed by atoms with Gasteiger partial charge in [-0.05, 0) is 20.3 Å². The largest absolute Gasteiger partial charge is 0.514 e. The lowest BCUT2D eigenvalue weighted by Gasteiger charge is -2.07. The van der Waals surface area contributed by atoms with Crippen molar-refractivity contribution in [3.63, 3.8) is 0 Å². The first-order valence-corrected chi connectivity index (χ1v) is 5.66. The van der Waals surface area contributed by atoms with Crippen LogP contribution in [0.5, 0.6) is 5.75 Å². The van der Waals surface area contributed by atoms with E-state index in [0.29, 0.717) is 11.4 Å². The van der Waals surface area contributed by atoms with Crippen LogP contribution in [0.4, 0.5) is 10.5 Å². The molecular weight excluding hydrogens is 214 g/mol. The monoisotopic (exact) mass is 229 g/mol. The summed E-state index contributed by atoms with van der Waals surface area (Å²) < 4.78 is 9.80. The van der Waals surface area contributed by atoms with Crippen LogP contribution in [0, 0.1) is 0 Å². The van der Waals surface area contributed by atoms with Gasteiger partial charge >= 0.3 is 6.16 Å². The second-order valence-electron chi connectivity index (χ2n) is 3.31. The van der Waals surface area contributed by atoms with E-state index in [1.807, 2.05) is 6.92 Å². The highest BCUT2D eigenvalue weighted by atomic mass is 32.1. The first kappa shape index (κ1) is 11.8. The Labute approximate surface area is 93.0 Å². The first-order chi connectivity index (χ1) is 7.04.